The van der Waals surface area contributed by atoms with E-state index in [1.54, 1.807) is 13.0 Å². The molecule has 1 aliphatic rings. The molecule has 1 unspecified atom stereocenters. The van der Waals surface area contributed by atoms with Gasteiger partial charge in [0.1, 0.15) is 5.82 Å². The van der Waals surface area contributed by atoms with Crippen molar-refractivity contribution in [1.82, 2.24) is 10.2 Å². The van der Waals surface area contributed by atoms with E-state index in [9.17, 15) is 9.18 Å². The number of hydrogen-bond donors (Lipinski definition) is 1. The van der Waals surface area contributed by atoms with Crippen LogP contribution < -0.4 is 5.32 Å². The normalized spacial score (nSPS) is 18.6. The predicted octanol–water partition coefficient (Wildman–Crippen LogP) is 2.63. The summed E-state index contributed by atoms with van der Waals surface area (Å²) < 4.78 is 13.4. The molecule has 1 atom stereocenters. The molecule has 1 aliphatic heterocycles. The minimum atomic E-state index is -0.341. The van der Waals surface area contributed by atoms with E-state index in [0.29, 0.717) is 11.5 Å². The molecule has 1 aromatic carbocycles. The third-order valence-electron chi connectivity index (χ3n) is 3.59. The maximum absolute atomic E-state index is 13.4. The Morgan fingerprint density at radius 3 is 2.85 bits per heavy atom. The van der Waals surface area contributed by atoms with E-state index in [1.807, 2.05) is 11.9 Å². The van der Waals surface area contributed by atoms with Gasteiger partial charge in [-0.3, -0.25) is 4.79 Å². The number of hydrogen-bond acceptors (Lipinski definition) is 2. The summed E-state index contributed by atoms with van der Waals surface area (Å²) >= 11 is 0. The number of nitrogens with one attached hydrogen (secondary N) is 1. The van der Waals surface area contributed by atoms with Crippen LogP contribution >= 0.6 is 12.4 Å². The number of halogens is 2. The van der Waals surface area contributed by atoms with E-state index >= 15 is 0 Å². The molecule has 1 heterocycles. The van der Waals surface area contributed by atoms with Gasteiger partial charge >= 0.3 is 0 Å². The highest BCUT2D eigenvalue weighted by molar-refractivity contribution is 5.94. The number of aryl methyl sites for hydroxylation is 1. The summed E-state index contributed by atoms with van der Waals surface area (Å²) in [5.41, 5.74) is 1.25. The van der Waals surface area contributed by atoms with E-state index < -0.39 is 0 Å². The second-order valence-corrected chi connectivity index (χ2v) is 5.33. The molecule has 0 spiro atoms. The highest BCUT2D eigenvalue weighted by atomic mass is 35.5. The molecule has 0 radical (unpaired) electrons. The average Bonchev–Trinajstić information content (AvgIpc) is 2.37. The fourth-order valence-electron chi connectivity index (χ4n) is 2.75. The summed E-state index contributed by atoms with van der Waals surface area (Å²) in [5, 5.41) is 3.16. The molecule has 1 saturated heterocycles. The van der Waals surface area contributed by atoms with Gasteiger partial charge in [-0.25, -0.2) is 4.39 Å². The van der Waals surface area contributed by atoms with Crippen LogP contribution in [0.3, 0.4) is 0 Å². The van der Waals surface area contributed by atoms with E-state index in [2.05, 4.69) is 5.32 Å². The molecular formula is C15H22ClFN2O. The van der Waals surface area contributed by atoms with Crippen molar-refractivity contribution in [3.8, 4) is 0 Å². The van der Waals surface area contributed by atoms with Crippen molar-refractivity contribution in [2.45, 2.75) is 19.8 Å². The summed E-state index contributed by atoms with van der Waals surface area (Å²) in [5.74, 6) is 0.105. The van der Waals surface area contributed by atoms with Crippen LogP contribution in [0.2, 0.25) is 0 Å². The summed E-state index contributed by atoms with van der Waals surface area (Å²) in [7, 11) is 1.93. The molecule has 0 aromatic heterocycles. The van der Waals surface area contributed by atoms with E-state index in [4.69, 9.17) is 0 Å². The van der Waals surface area contributed by atoms with Crippen LogP contribution in [-0.2, 0) is 0 Å². The van der Waals surface area contributed by atoms with E-state index in [1.165, 1.54) is 12.1 Å². The van der Waals surface area contributed by atoms with E-state index in [-0.39, 0.29) is 24.1 Å². The van der Waals surface area contributed by atoms with Crippen molar-refractivity contribution in [2.75, 3.05) is 26.7 Å². The Bertz CT molecular complexity index is 445. The first-order valence-corrected chi connectivity index (χ1v) is 6.81. The molecule has 1 N–H and O–H groups in total. The van der Waals surface area contributed by atoms with Gasteiger partial charge in [-0.1, -0.05) is 0 Å². The average molecular weight is 301 g/mol. The second kappa shape index (κ2) is 7.60. The molecule has 1 fully saturated rings. The van der Waals surface area contributed by atoms with Crippen molar-refractivity contribution in [1.29, 1.82) is 0 Å². The molecule has 0 bridgehead atoms. The Labute approximate surface area is 125 Å². The number of benzene rings is 1. The zero-order chi connectivity index (χ0) is 13.8. The first-order valence-electron chi connectivity index (χ1n) is 6.81. The lowest BCUT2D eigenvalue weighted by Crippen LogP contribution is -2.42. The Morgan fingerprint density at radius 1 is 1.45 bits per heavy atom. The largest absolute Gasteiger partial charge is 0.338 e. The van der Waals surface area contributed by atoms with Crippen molar-refractivity contribution in [2.24, 2.45) is 5.92 Å². The van der Waals surface area contributed by atoms with Gasteiger partial charge < -0.3 is 10.2 Å². The van der Waals surface area contributed by atoms with Gasteiger partial charge in [0, 0.05) is 18.7 Å². The fraction of sp³-hybridized carbons (Fsp3) is 0.533. The zero-order valence-corrected chi connectivity index (χ0v) is 12.8. The number of nitrogens with zero attached hydrogens (tertiary/aromatic N) is 1. The third kappa shape index (κ3) is 4.18. The molecular weight excluding hydrogens is 279 g/mol. The minimum Gasteiger partial charge on any atom is -0.338 e. The quantitative estimate of drug-likeness (QED) is 0.931. The molecule has 112 valence electrons. The Kier molecular flexibility index (Phi) is 6.43. The molecule has 0 saturated carbocycles. The summed E-state index contributed by atoms with van der Waals surface area (Å²) in [4.78, 5) is 14.2. The second-order valence-electron chi connectivity index (χ2n) is 5.33. The van der Waals surface area contributed by atoms with Gasteiger partial charge in [-0.15, -0.1) is 12.4 Å². The topological polar surface area (TPSA) is 32.3 Å². The van der Waals surface area contributed by atoms with Crippen molar-refractivity contribution >= 4 is 18.3 Å². The zero-order valence-electron chi connectivity index (χ0n) is 12.0. The fourth-order valence-corrected chi connectivity index (χ4v) is 2.75. The van der Waals surface area contributed by atoms with Crippen LogP contribution in [0, 0.1) is 18.7 Å². The Morgan fingerprint density at radius 2 is 2.20 bits per heavy atom. The standard InChI is InChI=1S/C15H21FN2O.ClH/c1-11-6-13(8-14(16)7-11)15(19)18-5-3-4-12(10-18)9-17-2;/h6-8,12,17H,3-5,9-10H2,1-2H3;1H. The number of likely N-dealkylation sites (tertiary alicyclic amines) is 1. The van der Waals surface area contributed by atoms with Gasteiger partial charge in [0.25, 0.3) is 5.91 Å². The number of rotatable bonds is 3. The Balaban J connectivity index is 0.00000200. The van der Waals surface area contributed by atoms with Gasteiger partial charge in [-0.05, 0) is 63.0 Å². The van der Waals surface area contributed by atoms with Gasteiger partial charge in [0.2, 0.25) is 0 Å². The van der Waals surface area contributed by atoms with Gasteiger partial charge in [0.05, 0.1) is 0 Å². The summed E-state index contributed by atoms with van der Waals surface area (Å²) in [6.07, 6.45) is 2.17. The lowest BCUT2D eigenvalue weighted by atomic mass is 9.97. The van der Waals surface area contributed by atoms with Crippen molar-refractivity contribution in [3.05, 3.63) is 35.1 Å². The van der Waals surface area contributed by atoms with Crippen LogP contribution in [0.5, 0.6) is 0 Å². The highest BCUT2D eigenvalue weighted by Gasteiger charge is 2.24. The van der Waals surface area contributed by atoms with E-state index in [0.717, 1.165) is 38.0 Å². The monoisotopic (exact) mass is 300 g/mol. The summed E-state index contributed by atoms with van der Waals surface area (Å²) in [6, 6.07) is 4.53. The third-order valence-corrected chi connectivity index (χ3v) is 3.59. The predicted molar refractivity (Wildman–Crippen MR) is 80.9 cm³/mol. The van der Waals surface area contributed by atoms with Crippen molar-refractivity contribution < 1.29 is 9.18 Å². The lowest BCUT2D eigenvalue weighted by Gasteiger charge is -2.32. The number of amides is 1. The molecule has 3 nitrogen and oxygen atoms in total. The molecule has 2 rings (SSSR count). The van der Waals surface area contributed by atoms with Crippen LogP contribution in [0.15, 0.2) is 18.2 Å². The summed E-state index contributed by atoms with van der Waals surface area (Å²) in [6.45, 7) is 4.26. The van der Waals surface area contributed by atoms with Gasteiger partial charge in [0.15, 0.2) is 0 Å². The Hall–Kier alpha value is -1.13. The molecule has 1 amide bonds. The first-order chi connectivity index (χ1) is 9.10. The minimum absolute atomic E-state index is 0. The number of carbonyl (C=O) groups excluding carboxylic acids is 1. The van der Waals surface area contributed by atoms with Crippen molar-refractivity contribution in [3.63, 3.8) is 0 Å². The SMILES string of the molecule is CNCC1CCCN(C(=O)c2cc(C)cc(F)c2)C1.Cl. The highest BCUT2D eigenvalue weighted by Crippen LogP contribution is 2.19. The molecule has 5 heteroatoms. The van der Waals surface area contributed by atoms with Crippen LogP contribution in [-0.4, -0.2) is 37.5 Å². The number of piperidine rings is 1. The molecule has 20 heavy (non-hydrogen) atoms. The number of carbonyl (C=O) groups is 1. The van der Waals surface area contributed by atoms with Crippen LogP contribution in [0.1, 0.15) is 28.8 Å². The molecule has 1 aromatic rings. The molecule has 0 aliphatic carbocycles. The lowest BCUT2D eigenvalue weighted by molar-refractivity contribution is 0.0673. The van der Waals surface area contributed by atoms with Gasteiger partial charge in [-0.2, -0.15) is 0 Å². The smallest absolute Gasteiger partial charge is 0.253 e. The maximum Gasteiger partial charge on any atom is 0.253 e. The van der Waals surface area contributed by atoms with Crippen LogP contribution in [0.4, 0.5) is 4.39 Å². The van der Waals surface area contributed by atoms with Crippen LogP contribution in [0.25, 0.3) is 0 Å². The first kappa shape index (κ1) is 16.9. The maximum atomic E-state index is 13.4.